The second-order valence-electron chi connectivity index (χ2n) is 3.57. The zero-order chi connectivity index (χ0) is 11.4. The maximum absolute atomic E-state index is 11.7. The first-order chi connectivity index (χ1) is 7.07. The standard InChI is InChI=1S/C10H15ClN2OS/c1-7(2)13(9(14)6-11)8(3)10-12-4-5-15-10/h4-5,7-8H,6H2,1-3H3. The van der Waals surface area contributed by atoms with Gasteiger partial charge in [-0.3, -0.25) is 4.79 Å². The molecule has 0 spiro atoms. The predicted molar refractivity (Wildman–Crippen MR) is 63.2 cm³/mol. The SMILES string of the molecule is CC(C)N(C(=O)CCl)C(C)c1nccs1. The molecule has 0 aromatic carbocycles. The molecule has 1 heterocycles. The van der Waals surface area contributed by atoms with Crippen LogP contribution in [0.25, 0.3) is 0 Å². The first-order valence-electron chi connectivity index (χ1n) is 4.84. The second-order valence-corrected chi connectivity index (χ2v) is 4.77. The highest BCUT2D eigenvalue weighted by Crippen LogP contribution is 2.24. The van der Waals surface area contributed by atoms with Crippen LogP contribution in [0.15, 0.2) is 11.6 Å². The number of amides is 1. The third-order valence-electron chi connectivity index (χ3n) is 2.18. The quantitative estimate of drug-likeness (QED) is 0.766. The summed E-state index contributed by atoms with van der Waals surface area (Å²) in [5.74, 6) is -0.0252. The van der Waals surface area contributed by atoms with Gasteiger partial charge >= 0.3 is 0 Å². The molecule has 1 rings (SSSR count). The number of nitrogens with zero attached hydrogens (tertiary/aromatic N) is 2. The summed E-state index contributed by atoms with van der Waals surface area (Å²) in [4.78, 5) is 17.6. The fraction of sp³-hybridized carbons (Fsp3) is 0.600. The van der Waals surface area contributed by atoms with Crippen LogP contribution in [0.4, 0.5) is 0 Å². The van der Waals surface area contributed by atoms with E-state index in [4.69, 9.17) is 11.6 Å². The number of carbonyl (C=O) groups excluding carboxylic acids is 1. The van der Waals surface area contributed by atoms with Crippen LogP contribution < -0.4 is 0 Å². The van der Waals surface area contributed by atoms with E-state index in [2.05, 4.69) is 4.98 Å². The van der Waals surface area contributed by atoms with Crippen LogP contribution in [0.2, 0.25) is 0 Å². The Morgan fingerprint density at radius 1 is 1.60 bits per heavy atom. The summed E-state index contributed by atoms with van der Waals surface area (Å²) in [7, 11) is 0. The summed E-state index contributed by atoms with van der Waals surface area (Å²) in [5, 5.41) is 2.86. The van der Waals surface area contributed by atoms with E-state index in [1.54, 1.807) is 22.4 Å². The third kappa shape index (κ3) is 2.92. The second kappa shape index (κ2) is 5.47. The van der Waals surface area contributed by atoms with Crippen molar-refractivity contribution in [1.29, 1.82) is 0 Å². The van der Waals surface area contributed by atoms with Gasteiger partial charge in [-0.05, 0) is 20.8 Å². The van der Waals surface area contributed by atoms with Gasteiger partial charge in [-0.1, -0.05) is 0 Å². The summed E-state index contributed by atoms with van der Waals surface area (Å²) in [5.41, 5.74) is 0. The molecule has 3 nitrogen and oxygen atoms in total. The van der Waals surface area contributed by atoms with Gasteiger partial charge in [-0.25, -0.2) is 4.98 Å². The van der Waals surface area contributed by atoms with Gasteiger partial charge in [0, 0.05) is 17.6 Å². The Labute approximate surface area is 99.1 Å². The van der Waals surface area contributed by atoms with Gasteiger partial charge in [0.15, 0.2) is 0 Å². The minimum Gasteiger partial charge on any atom is -0.330 e. The smallest absolute Gasteiger partial charge is 0.238 e. The van der Waals surface area contributed by atoms with Gasteiger partial charge in [-0.2, -0.15) is 0 Å². The highest BCUT2D eigenvalue weighted by atomic mass is 35.5. The van der Waals surface area contributed by atoms with E-state index in [0.29, 0.717) is 0 Å². The van der Waals surface area contributed by atoms with Gasteiger partial charge < -0.3 is 4.90 Å². The van der Waals surface area contributed by atoms with Gasteiger partial charge in [0.2, 0.25) is 5.91 Å². The molecular formula is C10H15ClN2OS. The predicted octanol–water partition coefficient (Wildman–Crippen LogP) is 2.68. The van der Waals surface area contributed by atoms with Crippen molar-refractivity contribution in [3.05, 3.63) is 16.6 Å². The molecule has 0 aliphatic heterocycles. The van der Waals surface area contributed by atoms with Crippen molar-refractivity contribution in [2.45, 2.75) is 32.9 Å². The van der Waals surface area contributed by atoms with E-state index in [1.165, 1.54) is 0 Å². The molecule has 1 aromatic rings. The monoisotopic (exact) mass is 246 g/mol. The van der Waals surface area contributed by atoms with Gasteiger partial charge in [0.1, 0.15) is 10.9 Å². The Morgan fingerprint density at radius 3 is 2.67 bits per heavy atom. The van der Waals surface area contributed by atoms with Gasteiger partial charge in [0.25, 0.3) is 0 Å². The van der Waals surface area contributed by atoms with Crippen molar-refractivity contribution < 1.29 is 4.79 Å². The van der Waals surface area contributed by atoms with Crippen LogP contribution in [0, 0.1) is 0 Å². The first-order valence-corrected chi connectivity index (χ1v) is 6.25. The summed E-state index contributed by atoms with van der Waals surface area (Å²) in [6, 6.07) is 0.131. The third-order valence-corrected chi connectivity index (χ3v) is 3.36. The minimum atomic E-state index is -0.0469. The van der Waals surface area contributed by atoms with Crippen LogP contribution in [0.5, 0.6) is 0 Å². The van der Waals surface area contributed by atoms with E-state index >= 15 is 0 Å². The largest absolute Gasteiger partial charge is 0.330 e. The number of halogens is 1. The maximum atomic E-state index is 11.7. The van der Waals surface area contributed by atoms with E-state index < -0.39 is 0 Å². The number of aromatic nitrogens is 1. The topological polar surface area (TPSA) is 33.2 Å². The van der Waals surface area contributed by atoms with E-state index in [9.17, 15) is 4.79 Å². The molecule has 0 saturated heterocycles. The molecule has 0 fully saturated rings. The van der Waals surface area contributed by atoms with Crippen molar-refractivity contribution in [2.75, 3.05) is 5.88 Å². The van der Waals surface area contributed by atoms with Crippen LogP contribution in [-0.2, 0) is 4.79 Å². The molecule has 0 bridgehead atoms. The molecular weight excluding hydrogens is 232 g/mol. The van der Waals surface area contributed by atoms with Crippen LogP contribution in [0.3, 0.4) is 0 Å². The molecule has 5 heteroatoms. The van der Waals surface area contributed by atoms with Crippen LogP contribution in [0.1, 0.15) is 31.8 Å². The fourth-order valence-electron chi connectivity index (χ4n) is 1.58. The molecule has 1 atom stereocenters. The number of thiazole rings is 1. The Kier molecular flexibility index (Phi) is 4.54. The zero-order valence-corrected chi connectivity index (χ0v) is 10.7. The number of hydrogen-bond donors (Lipinski definition) is 0. The average molecular weight is 247 g/mol. The Bertz CT molecular complexity index is 313. The molecule has 1 aromatic heterocycles. The molecule has 84 valence electrons. The average Bonchev–Trinajstić information content (AvgIpc) is 2.69. The normalized spacial score (nSPS) is 12.9. The Balaban J connectivity index is 2.85. The molecule has 1 unspecified atom stereocenters. The lowest BCUT2D eigenvalue weighted by atomic mass is 10.2. The summed E-state index contributed by atoms with van der Waals surface area (Å²) >= 11 is 7.14. The number of rotatable bonds is 4. The molecule has 0 radical (unpaired) electrons. The van der Waals surface area contributed by atoms with Crippen LogP contribution in [-0.4, -0.2) is 27.7 Å². The van der Waals surface area contributed by atoms with Gasteiger partial charge in [-0.15, -0.1) is 22.9 Å². The molecule has 0 aliphatic carbocycles. The zero-order valence-electron chi connectivity index (χ0n) is 9.11. The van der Waals surface area contributed by atoms with E-state index in [1.807, 2.05) is 26.2 Å². The number of hydrogen-bond acceptors (Lipinski definition) is 3. The lowest BCUT2D eigenvalue weighted by Gasteiger charge is -2.31. The summed E-state index contributed by atoms with van der Waals surface area (Å²) in [6.45, 7) is 5.94. The van der Waals surface area contributed by atoms with Gasteiger partial charge in [0.05, 0.1) is 6.04 Å². The fourth-order valence-corrected chi connectivity index (χ4v) is 2.41. The van der Waals surface area contributed by atoms with E-state index in [-0.39, 0.29) is 23.9 Å². The van der Waals surface area contributed by atoms with Crippen molar-refractivity contribution in [3.8, 4) is 0 Å². The molecule has 15 heavy (non-hydrogen) atoms. The van der Waals surface area contributed by atoms with Crippen LogP contribution >= 0.6 is 22.9 Å². The molecule has 0 aliphatic rings. The maximum Gasteiger partial charge on any atom is 0.238 e. The van der Waals surface area contributed by atoms with Crippen molar-refractivity contribution in [3.63, 3.8) is 0 Å². The number of carbonyl (C=O) groups is 1. The summed E-state index contributed by atoms with van der Waals surface area (Å²) < 4.78 is 0. The lowest BCUT2D eigenvalue weighted by molar-refractivity contribution is -0.132. The molecule has 0 N–H and O–H groups in total. The van der Waals surface area contributed by atoms with Crippen molar-refractivity contribution >= 4 is 28.8 Å². The minimum absolute atomic E-state index is 0.00347. The van der Waals surface area contributed by atoms with E-state index in [0.717, 1.165) is 5.01 Å². The lowest BCUT2D eigenvalue weighted by Crippen LogP contribution is -2.39. The van der Waals surface area contributed by atoms with Crippen molar-refractivity contribution in [2.24, 2.45) is 0 Å². The summed E-state index contributed by atoms with van der Waals surface area (Å²) in [6.07, 6.45) is 1.75. The highest BCUT2D eigenvalue weighted by Gasteiger charge is 2.24. The first kappa shape index (κ1) is 12.5. The highest BCUT2D eigenvalue weighted by molar-refractivity contribution is 7.09. The number of alkyl halides is 1. The Hall–Kier alpha value is -0.610. The molecule has 1 amide bonds. The van der Waals surface area contributed by atoms with Crippen molar-refractivity contribution in [1.82, 2.24) is 9.88 Å². The Morgan fingerprint density at radius 2 is 2.27 bits per heavy atom. The molecule has 0 saturated carbocycles.